The lowest BCUT2D eigenvalue weighted by Gasteiger charge is -2.30. The molecule has 1 aliphatic rings. The zero-order valence-corrected chi connectivity index (χ0v) is 15.3. The molecule has 2 aromatic heterocycles. The minimum Gasteiger partial charge on any atom is -0.362 e. The number of carbonyl (C=O) groups excluding carboxylic acids is 1. The fraction of sp³-hybridized carbons (Fsp3) is 0.389. The Bertz CT molecular complexity index is 986. The molecule has 2 aromatic rings. The Morgan fingerprint density at radius 3 is 2.73 bits per heavy atom. The van der Waals surface area contributed by atoms with Gasteiger partial charge in [-0.3, -0.25) is 9.59 Å². The van der Waals surface area contributed by atoms with E-state index >= 15 is 0 Å². The molecule has 0 fully saturated rings. The molecule has 1 N–H and O–H groups in total. The molecule has 8 heteroatoms. The second kappa shape index (κ2) is 6.59. The third kappa shape index (κ3) is 3.04. The van der Waals surface area contributed by atoms with E-state index in [0.29, 0.717) is 36.6 Å². The van der Waals surface area contributed by atoms with Gasteiger partial charge in [-0.1, -0.05) is 0 Å². The molecule has 0 saturated heterocycles. The number of hydrogen-bond donors (Lipinski definition) is 1. The number of rotatable bonds is 2. The highest BCUT2D eigenvalue weighted by Gasteiger charge is 2.27. The van der Waals surface area contributed by atoms with E-state index in [9.17, 15) is 9.59 Å². The zero-order valence-electron chi connectivity index (χ0n) is 15.3. The fourth-order valence-corrected chi connectivity index (χ4v) is 3.17. The summed E-state index contributed by atoms with van der Waals surface area (Å²) in [4.78, 5) is 39.9. The molecular formula is C18H20N6O2. The average Bonchev–Trinajstić information content (AvgIpc) is 2.60. The van der Waals surface area contributed by atoms with E-state index in [1.54, 1.807) is 11.8 Å². The van der Waals surface area contributed by atoms with Crippen molar-refractivity contribution in [2.24, 2.45) is 0 Å². The van der Waals surface area contributed by atoms with Crippen LogP contribution in [0.2, 0.25) is 0 Å². The van der Waals surface area contributed by atoms with E-state index in [1.807, 2.05) is 32.0 Å². The smallest absolute Gasteiger partial charge is 0.266 e. The van der Waals surface area contributed by atoms with Crippen LogP contribution in [0.4, 0.5) is 5.82 Å². The van der Waals surface area contributed by atoms with Crippen LogP contribution in [0.1, 0.15) is 38.7 Å². The van der Waals surface area contributed by atoms with Gasteiger partial charge in [0.05, 0.1) is 17.8 Å². The van der Waals surface area contributed by atoms with Gasteiger partial charge in [0, 0.05) is 31.9 Å². The van der Waals surface area contributed by atoms with Crippen LogP contribution in [0.25, 0.3) is 0 Å². The van der Waals surface area contributed by atoms with Crippen molar-refractivity contribution in [1.82, 2.24) is 19.9 Å². The first kappa shape index (κ1) is 17.6. The topological polar surface area (TPSA) is 106 Å². The van der Waals surface area contributed by atoms with E-state index < -0.39 is 5.56 Å². The third-order valence-electron chi connectivity index (χ3n) is 4.46. The normalized spacial score (nSPS) is 13.1. The molecule has 0 saturated carbocycles. The van der Waals surface area contributed by atoms with Gasteiger partial charge in [-0.25, -0.2) is 9.97 Å². The monoisotopic (exact) mass is 352 g/mol. The molecule has 0 aliphatic carbocycles. The Kier molecular flexibility index (Phi) is 4.47. The predicted molar refractivity (Wildman–Crippen MR) is 96.1 cm³/mol. The minimum atomic E-state index is -0.482. The zero-order chi connectivity index (χ0) is 19.0. The van der Waals surface area contributed by atoms with Crippen molar-refractivity contribution in [3.63, 3.8) is 0 Å². The summed E-state index contributed by atoms with van der Waals surface area (Å²) < 4.78 is 0. The molecule has 3 rings (SSSR count). The Morgan fingerprint density at radius 2 is 2.08 bits per heavy atom. The maximum absolute atomic E-state index is 13.0. The molecule has 3 heterocycles. The van der Waals surface area contributed by atoms with Gasteiger partial charge in [-0.05, 0) is 26.3 Å². The molecule has 0 radical (unpaired) electrons. The maximum Gasteiger partial charge on any atom is 0.266 e. The molecule has 0 aromatic carbocycles. The summed E-state index contributed by atoms with van der Waals surface area (Å²) >= 11 is 0. The second-order valence-electron chi connectivity index (χ2n) is 6.55. The number of nitrogens with zero attached hydrogens (tertiary/aromatic N) is 5. The Hall–Kier alpha value is -3.21. The lowest BCUT2D eigenvalue weighted by Crippen LogP contribution is -2.38. The fourth-order valence-electron chi connectivity index (χ4n) is 3.17. The van der Waals surface area contributed by atoms with E-state index in [0.717, 1.165) is 17.1 Å². The van der Waals surface area contributed by atoms with Gasteiger partial charge in [-0.15, -0.1) is 0 Å². The van der Waals surface area contributed by atoms with Crippen LogP contribution in [-0.4, -0.2) is 46.4 Å². The first-order valence-electron chi connectivity index (χ1n) is 8.28. The number of hydrogen-bond acceptors (Lipinski definition) is 6. The van der Waals surface area contributed by atoms with Crippen molar-refractivity contribution >= 4 is 11.7 Å². The average molecular weight is 352 g/mol. The van der Waals surface area contributed by atoms with Crippen LogP contribution in [0, 0.1) is 25.2 Å². The molecule has 0 unspecified atom stereocenters. The van der Waals surface area contributed by atoms with Gasteiger partial charge in [0.15, 0.2) is 0 Å². The number of nitrogens with one attached hydrogen (secondary N) is 1. The number of aromatic nitrogens is 3. The van der Waals surface area contributed by atoms with E-state index in [4.69, 9.17) is 5.26 Å². The largest absolute Gasteiger partial charge is 0.362 e. The molecule has 0 bridgehead atoms. The summed E-state index contributed by atoms with van der Waals surface area (Å²) in [5, 5.41) is 9.05. The van der Waals surface area contributed by atoms with Crippen molar-refractivity contribution in [1.29, 1.82) is 5.26 Å². The third-order valence-corrected chi connectivity index (χ3v) is 4.46. The molecule has 0 spiro atoms. The molecule has 1 amide bonds. The number of aromatic amines is 1. The maximum atomic E-state index is 13.0. The molecule has 1 aliphatic heterocycles. The van der Waals surface area contributed by atoms with Crippen LogP contribution in [0.3, 0.4) is 0 Å². The van der Waals surface area contributed by atoms with Crippen LogP contribution in [0.5, 0.6) is 0 Å². The van der Waals surface area contributed by atoms with Gasteiger partial charge in [-0.2, -0.15) is 5.26 Å². The van der Waals surface area contributed by atoms with E-state index in [1.165, 1.54) is 6.07 Å². The summed E-state index contributed by atoms with van der Waals surface area (Å²) in [7, 11) is 3.87. The van der Waals surface area contributed by atoms with Gasteiger partial charge in [0.25, 0.3) is 11.5 Å². The number of fused-ring (bicyclic) bond motifs is 1. The molecule has 8 nitrogen and oxygen atoms in total. The first-order valence-corrected chi connectivity index (χ1v) is 8.28. The van der Waals surface area contributed by atoms with Crippen molar-refractivity contribution in [3.8, 4) is 6.07 Å². The van der Waals surface area contributed by atoms with Gasteiger partial charge in [0.2, 0.25) is 0 Å². The van der Waals surface area contributed by atoms with Crippen molar-refractivity contribution in [2.45, 2.75) is 26.8 Å². The number of H-pyrrole nitrogens is 1. The van der Waals surface area contributed by atoms with Crippen molar-refractivity contribution in [3.05, 3.63) is 50.3 Å². The van der Waals surface area contributed by atoms with Crippen molar-refractivity contribution < 1.29 is 4.79 Å². The predicted octanol–water partition coefficient (Wildman–Crippen LogP) is 0.918. The lowest BCUT2D eigenvalue weighted by molar-refractivity contribution is 0.0730. The first-order chi connectivity index (χ1) is 12.3. The second-order valence-corrected chi connectivity index (χ2v) is 6.55. The molecule has 26 heavy (non-hydrogen) atoms. The van der Waals surface area contributed by atoms with Gasteiger partial charge in [0.1, 0.15) is 23.3 Å². The summed E-state index contributed by atoms with van der Waals surface area (Å²) in [6.07, 6.45) is 0.655. The number of pyridine rings is 1. The van der Waals surface area contributed by atoms with E-state index in [-0.39, 0.29) is 11.5 Å². The molecule has 0 atom stereocenters. The lowest BCUT2D eigenvalue weighted by atomic mass is 10.0. The standard InChI is InChI=1S/C18H20N6O2/c1-10-14(7-12(8-19)17(25)20-10)18(26)24-6-5-13-15(9-24)21-11(2)22-16(13)23(3)4/h7H,5-6,9H2,1-4H3,(H,20,25). The highest BCUT2D eigenvalue weighted by atomic mass is 16.2. The van der Waals surface area contributed by atoms with Gasteiger partial charge < -0.3 is 14.8 Å². The number of carbonyl (C=O) groups is 1. The Morgan fingerprint density at radius 1 is 1.35 bits per heavy atom. The van der Waals surface area contributed by atoms with Crippen molar-refractivity contribution in [2.75, 3.05) is 25.5 Å². The van der Waals surface area contributed by atoms with E-state index in [2.05, 4.69) is 15.0 Å². The Labute approximate surface area is 151 Å². The summed E-state index contributed by atoms with van der Waals surface area (Å²) in [6, 6.07) is 3.19. The molecular weight excluding hydrogens is 332 g/mol. The van der Waals surface area contributed by atoms with Crippen LogP contribution < -0.4 is 10.5 Å². The summed E-state index contributed by atoms with van der Waals surface area (Å²) in [6.45, 7) is 4.39. The highest BCUT2D eigenvalue weighted by molar-refractivity contribution is 5.95. The minimum absolute atomic E-state index is 0.0653. The number of nitriles is 1. The molecule has 134 valence electrons. The Balaban J connectivity index is 1.96. The summed E-state index contributed by atoms with van der Waals surface area (Å²) in [5.74, 6) is 1.32. The van der Waals surface area contributed by atoms with Crippen LogP contribution in [0.15, 0.2) is 10.9 Å². The SMILES string of the molecule is Cc1nc2c(c(N(C)C)n1)CCN(C(=O)c1cc(C#N)c(=O)[nH]c1C)C2. The van der Waals surface area contributed by atoms with Crippen LogP contribution in [-0.2, 0) is 13.0 Å². The van der Waals surface area contributed by atoms with Gasteiger partial charge >= 0.3 is 0 Å². The summed E-state index contributed by atoms with van der Waals surface area (Å²) in [5.41, 5.74) is 2.14. The van der Waals surface area contributed by atoms with Crippen LogP contribution >= 0.6 is 0 Å². The number of aryl methyl sites for hydroxylation is 2. The number of amides is 1. The number of anilines is 1. The quantitative estimate of drug-likeness (QED) is 0.861. The highest BCUT2D eigenvalue weighted by Crippen LogP contribution is 2.26.